The van der Waals surface area contributed by atoms with E-state index < -0.39 is 18.3 Å². The highest BCUT2D eigenvalue weighted by Crippen LogP contribution is 2.42. The van der Waals surface area contributed by atoms with Crippen molar-refractivity contribution in [2.45, 2.75) is 84.2 Å². The number of rotatable bonds is 19. The average molecular weight is 691 g/mol. The minimum atomic E-state index is -3.26. The Balaban J connectivity index is 1.60. The van der Waals surface area contributed by atoms with Crippen LogP contribution >= 0.6 is 11.6 Å². The summed E-state index contributed by atoms with van der Waals surface area (Å²) in [6, 6.07) is 17.5. The van der Waals surface area contributed by atoms with Gasteiger partial charge in [0.1, 0.15) is 19.0 Å². The first-order chi connectivity index (χ1) is 21.8. The van der Waals surface area contributed by atoms with Gasteiger partial charge in [-0.3, -0.25) is 0 Å². The van der Waals surface area contributed by atoms with Crippen molar-refractivity contribution in [1.29, 1.82) is 0 Å². The average Bonchev–Trinajstić information content (AvgIpc) is 3.00. The van der Waals surface area contributed by atoms with Crippen molar-refractivity contribution in [3.63, 3.8) is 0 Å². The highest BCUT2D eigenvalue weighted by molar-refractivity contribution is 7.88. The molecule has 3 aromatic rings. The zero-order valence-corrected chi connectivity index (χ0v) is 31.1. The second kappa shape index (κ2) is 17.6. The summed E-state index contributed by atoms with van der Waals surface area (Å²) in [7, 11) is -5.18. The van der Waals surface area contributed by atoms with Crippen LogP contribution in [0.4, 0.5) is 0 Å². The lowest BCUT2D eigenvalue weighted by Crippen LogP contribution is -2.48. The third-order valence-electron chi connectivity index (χ3n) is 8.26. The van der Waals surface area contributed by atoms with Crippen LogP contribution in [0.3, 0.4) is 0 Å². The molecular weight excluding hydrogens is 640 g/mol. The smallest absolute Gasteiger partial charge is 0.213 e. The van der Waals surface area contributed by atoms with E-state index in [0.29, 0.717) is 47.3 Å². The van der Waals surface area contributed by atoms with Crippen molar-refractivity contribution in [3.05, 3.63) is 76.9 Å². The van der Waals surface area contributed by atoms with E-state index in [4.69, 9.17) is 30.2 Å². The first-order valence-electron chi connectivity index (χ1n) is 16.1. The molecule has 0 aliphatic rings. The van der Waals surface area contributed by atoms with Crippen LogP contribution in [0.2, 0.25) is 21.6 Å². The van der Waals surface area contributed by atoms with Crippen molar-refractivity contribution in [3.8, 4) is 22.8 Å². The fourth-order valence-electron chi connectivity index (χ4n) is 6.23. The summed E-state index contributed by atoms with van der Waals surface area (Å²) in [6.07, 6.45) is 3.56. The van der Waals surface area contributed by atoms with Crippen LogP contribution in [0.25, 0.3) is 11.1 Å². The van der Waals surface area contributed by atoms with Gasteiger partial charge in [0.15, 0.2) is 8.32 Å². The molecule has 0 saturated carbocycles. The standard InChI is InChI=1S/C35H51ClN2O6SSi/c1-9-41-34(18-20-44-46(25(2)3,26(4)5)27(6)7)29-11-14-31(15-12-29)43-24-28-10-16-33(36)32(22-28)30-13-17-35(37-23-30)42-21-19-38-45(8,39)40/h10-17,22-23,25-27,34,38H,9,18-21,24H2,1-8H3/t34-/m0/s1. The van der Waals surface area contributed by atoms with Crippen LogP contribution in [-0.2, 0) is 25.8 Å². The molecule has 0 saturated heterocycles. The molecule has 3 rings (SSSR count). The van der Waals surface area contributed by atoms with Crippen molar-refractivity contribution < 1.29 is 27.1 Å². The molecule has 254 valence electrons. The molecule has 0 amide bonds. The Morgan fingerprint density at radius 2 is 1.57 bits per heavy atom. The molecule has 11 heteroatoms. The lowest BCUT2D eigenvalue weighted by atomic mass is 10.0. The first-order valence-corrected chi connectivity index (χ1v) is 20.5. The predicted octanol–water partition coefficient (Wildman–Crippen LogP) is 8.57. The number of benzene rings is 2. The van der Waals surface area contributed by atoms with Gasteiger partial charge in [0.05, 0.1) is 12.4 Å². The van der Waals surface area contributed by atoms with Crippen LogP contribution in [0.15, 0.2) is 60.8 Å². The third-order valence-corrected chi connectivity index (χ3v) is 15.4. The summed E-state index contributed by atoms with van der Waals surface area (Å²) in [5.74, 6) is 1.17. The summed E-state index contributed by atoms with van der Waals surface area (Å²) in [5, 5.41) is 0.599. The molecule has 1 aromatic heterocycles. The van der Waals surface area contributed by atoms with Crippen LogP contribution in [0.5, 0.6) is 11.6 Å². The van der Waals surface area contributed by atoms with Gasteiger partial charge in [-0.05, 0) is 71.4 Å². The zero-order valence-electron chi connectivity index (χ0n) is 28.5. The molecule has 0 spiro atoms. The molecule has 1 atom stereocenters. The highest BCUT2D eigenvalue weighted by Gasteiger charge is 2.45. The van der Waals surface area contributed by atoms with E-state index in [1.165, 1.54) is 0 Å². The maximum absolute atomic E-state index is 11.2. The van der Waals surface area contributed by atoms with E-state index in [1.807, 2.05) is 43.3 Å². The number of nitrogens with zero attached hydrogens (tertiary/aromatic N) is 1. The SMILES string of the molecule is CCO[C@@H](CCO[Si](C(C)C)(C(C)C)C(C)C)c1ccc(OCc2ccc(Cl)c(-c3ccc(OCCNS(C)(=O)=O)nc3)c2)cc1. The predicted molar refractivity (Wildman–Crippen MR) is 190 cm³/mol. The summed E-state index contributed by atoms with van der Waals surface area (Å²) < 4.78 is 49.4. The molecule has 2 aromatic carbocycles. The van der Waals surface area contributed by atoms with E-state index in [0.717, 1.165) is 40.7 Å². The number of hydrogen-bond acceptors (Lipinski definition) is 7. The fraction of sp³-hybridized carbons (Fsp3) is 0.514. The largest absolute Gasteiger partial charge is 0.489 e. The minimum absolute atomic E-state index is 0.0365. The number of pyridine rings is 1. The van der Waals surface area contributed by atoms with Crippen molar-refractivity contribution in [2.75, 3.05) is 32.6 Å². The molecule has 1 N–H and O–H groups in total. The Kier molecular flexibility index (Phi) is 14.5. The molecule has 0 aliphatic heterocycles. The van der Waals surface area contributed by atoms with Gasteiger partial charge in [0.25, 0.3) is 0 Å². The monoisotopic (exact) mass is 690 g/mol. The van der Waals surface area contributed by atoms with Crippen LogP contribution in [0, 0.1) is 0 Å². The van der Waals surface area contributed by atoms with Crippen molar-refractivity contribution in [2.24, 2.45) is 0 Å². The quantitative estimate of drug-likeness (QED) is 0.0994. The Labute approximate surface area is 282 Å². The van der Waals surface area contributed by atoms with E-state index in [1.54, 1.807) is 12.3 Å². The molecule has 0 bridgehead atoms. The molecule has 0 fully saturated rings. The van der Waals surface area contributed by atoms with Crippen LogP contribution in [0.1, 0.15) is 72.1 Å². The van der Waals surface area contributed by atoms with E-state index in [9.17, 15) is 8.42 Å². The maximum Gasteiger partial charge on any atom is 0.213 e. The number of hydrogen-bond donors (Lipinski definition) is 1. The molecule has 8 nitrogen and oxygen atoms in total. The Morgan fingerprint density at radius 1 is 0.891 bits per heavy atom. The summed E-state index contributed by atoms with van der Waals surface area (Å²) >= 11 is 6.53. The third kappa shape index (κ3) is 10.8. The number of aromatic nitrogens is 1. The van der Waals surface area contributed by atoms with Crippen LogP contribution < -0.4 is 14.2 Å². The molecular formula is C35H51ClN2O6SSi. The fourth-order valence-corrected chi connectivity index (χ4v) is 12.4. The zero-order chi connectivity index (χ0) is 33.9. The summed E-state index contributed by atoms with van der Waals surface area (Å²) in [5.41, 5.74) is 5.39. The second-order valence-electron chi connectivity index (χ2n) is 12.5. The van der Waals surface area contributed by atoms with Gasteiger partial charge in [0, 0.05) is 48.2 Å². The first kappa shape index (κ1) is 38.0. The van der Waals surface area contributed by atoms with Gasteiger partial charge < -0.3 is 18.6 Å². The second-order valence-corrected chi connectivity index (χ2v) is 20.2. The van der Waals surface area contributed by atoms with Gasteiger partial charge in [-0.1, -0.05) is 71.3 Å². The van der Waals surface area contributed by atoms with Crippen molar-refractivity contribution >= 4 is 29.9 Å². The van der Waals surface area contributed by atoms with Crippen molar-refractivity contribution in [1.82, 2.24) is 9.71 Å². The van der Waals surface area contributed by atoms with E-state index in [-0.39, 0.29) is 19.3 Å². The summed E-state index contributed by atoms with van der Waals surface area (Å²) in [6.45, 7) is 18.0. The molecule has 0 radical (unpaired) electrons. The summed E-state index contributed by atoms with van der Waals surface area (Å²) in [4.78, 5) is 4.34. The minimum Gasteiger partial charge on any atom is -0.489 e. The number of halogens is 1. The Bertz CT molecular complexity index is 1450. The van der Waals surface area contributed by atoms with Gasteiger partial charge in [-0.25, -0.2) is 18.1 Å². The maximum atomic E-state index is 11.2. The molecule has 0 aliphatic carbocycles. The van der Waals surface area contributed by atoms with Gasteiger partial charge in [0.2, 0.25) is 15.9 Å². The van der Waals surface area contributed by atoms with Gasteiger partial charge in [-0.15, -0.1) is 0 Å². The topological polar surface area (TPSA) is 96.0 Å². The molecule has 46 heavy (non-hydrogen) atoms. The molecule has 1 heterocycles. The van der Waals surface area contributed by atoms with Gasteiger partial charge in [-0.2, -0.15) is 0 Å². The normalized spacial score (nSPS) is 13.0. The Hall–Kier alpha value is -2.47. The van der Waals surface area contributed by atoms with Crippen LogP contribution in [-0.4, -0.2) is 54.3 Å². The Morgan fingerprint density at radius 3 is 2.13 bits per heavy atom. The molecule has 0 unspecified atom stereocenters. The lowest BCUT2D eigenvalue weighted by molar-refractivity contribution is 0.0439. The number of sulfonamides is 1. The highest BCUT2D eigenvalue weighted by atomic mass is 35.5. The van der Waals surface area contributed by atoms with Gasteiger partial charge >= 0.3 is 0 Å². The van der Waals surface area contributed by atoms with E-state index in [2.05, 4.69) is 63.4 Å². The number of nitrogens with one attached hydrogen (secondary N) is 1. The number of ether oxygens (including phenoxy) is 3. The van der Waals surface area contributed by atoms with E-state index >= 15 is 0 Å². The lowest BCUT2D eigenvalue weighted by Gasteiger charge is -2.42.